The molecule has 2 saturated heterocycles. The van der Waals surface area contributed by atoms with Crippen LogP contribution < -0.4 is 5.73 Å². The van der Waals surface area contributed by atoms with Gasteiger partial charge in [-0.2, -0.15) is 0 Å². The Kier molecular flexibility index (Phi) is 5.89. The van der Waals surface area contributed by atoms with E-state index in [4.69, 9.17) is 15.2 Å². The SMILES string of the molecule is CCCOC1CCCN(CC(N)C2CCOC2)C1. The lowest BCUT2D eigenvalue weighted by Gasteiger charge is -2.35. The van der Waals surface area contributed by atoms with Crippen LogP contribution in [0.3, 0.4) is 0 Å². The molecular formula is C14H28N2O2. The zero-order chi connectivity index (χ0) is 12.8. The summed E-state index contributed by atoms with van der Waals surface area (Å²) in [6.07, 6.45) is 5.10. The Bertz CT molecular complexity index is 232. The third-order valence-corrected chi connectivity index (χ3v) is 4.06. The molecule has 4 nitrogen and oxygen atoms in total. The third-order valence-electron chi connectivity index (χ3n) is 4.06. The number of nitrogens with zero attached hydrogens (tertiary/aromatic N) is 1. The molecule has 0 spiro atoms. The smallest absolute Gasteiger partial charge is 0.0702 e. The van der Waals surface area contributed by atoms with E-state index in [0.717, 1.165) is 45.8 Å². The maximum absolute atomic E-state index is 6.29. The van der Waals surface area contributed by atoms with Crippen LogP contribution in [0.1, 0.15) is 32.6 Å². The van der Waals surface area contributed by atoms with Gasteiger partial charge in [0.15, 0.2) is 0 Å². The molecule has 106 valence electrons. The molecule has 2 rings (SSSR count). The van der Waals surface area contributed by atoms with Gasteiger partial charge in [0.1, 0.15) is 0 Å². The molecule has 18 heavy (non-hydrogen) atoms. The average Bonchev–Trinajstić information content (AvgIpc) is 2.91. The molecule has 2 aliphatic rings. The van der Waals surface area contributed by atoms with Crippen LogP contribution in [0.4, 0.5) is 0 Å². The van der Waals surface area contributed by atoms with Gasteiger partial charge in [0.05, 0.1) is 12.7 Å². The summed E-state index contributed by atoms with van der Waals surface area (Å²) in [5.74, 6) is 0.557. The molecule has 3 unspecified atom stereocenters. The van der Waals surface area contributed by atoms with Crippen LogP contribution in [-0.4, -0.2) is 56.5 Å². The molecule has 2 N–H and O–H groups in total. The van der Waals surface area contributed by atoms with Gasteiger partial charge in [-0.05, 0) is 32.2 Å². The van der Waals surface area contributed by atoms with E-state index in [0.29, 0.717) is 12.0 Å². The first-order chi connectivity index (χ1) is 8.79. The molecule has 2 fully saturated rings. The predicted octanol–water partition coefficient (Wildman–Crippen LogP) is 1.24. The number of nitrogens with two attached hydrogens (primary N) is 1. The first kappa shape index (κ1) is 14.3. The summed E-state index contributed by atoms with van der Waals surface area (Å²) >= 11 is 0. The average molecular weight is 256 g/mol. The quantitative estimate of drug-likeness (QED) is 0.777. The van der Waals surface area contributed by atoms with Crippen LogP contribution in [0, 0.1) is 5.92 Å². The molecule has 0 radical (unpaired) electrons. The highest BCUT2D eigenvalue weighted by Crippen LogP contribution is 2.19. The molecule has 0 aromatic heterocycles. The highest BCUT2D eigenvalue weighted by atomic mass is 16.5. The van der Waals surface area contributed by atoms with Gasteiger partial charge >= 0.3 is 0 Å². The van der Waals surface area contributed by atoms with Crippen LogP contribution in [-0.2, 0) is 9.47 Å². The molecule has 0 aromatic carbocycles. The normalized spacial score (nSPS) is 31.7. The van der Waals surface area contributed by atoms with E-state index in [9.17, 15) is 0 Å². The summed E-state index contributed by atoms with van der Waals surface area (Å²) in [4.78, 5) is 2.48. The standard InChI is InChI=1S/C14H28N2O2/c1-2-7-18-13-4-3-6-16(9-13)10-14(15)12-5-8-17-11-12/h12-14H,2-11,15H2,1H3. The summed E-state index contributed by atoms with van der Waals surface area (Å²) in [5.41, 5.74) is 6.29. The van der Waals surface area contributed by atoms with Gasteiger partial charge in [0.2, 0.25) is 0 Å². The second-order valence-electron chi connectivity index (χ2n) is 5.68. The van der Waals surface area contributed by atoms with E-state index in [1.54, 1.807) is 0 Å². The van der Waals surface area contributed by atoms with E-state index >= 15 is 0 Å². The highest BCUT2D eigenvalue weighted by molar-refractivity contribution is 4.82. The lowest BCUT2D eigenvalue weighted by atomic mass is 9.98. The summed E-state index contributed by atoms with van der Waals surface area (Å²) < 4.78 is 11.3. The Balaban J connectivity index is 1.71. The van der Waals surface area contributed by atoms with Crippen molar-refractivity contribution in [3.8, 4) is 0 Å². The summed E-state index contributed by atoms with van der Waals surface area (Å²) in [6.45, 7) is 8.03. The molecule has 2 heterocycles. The fraction of sp³-hybridized carbons (Fsp3) is 1.00. The van der Waals surface area contributed by atoms with Gasteiger partial charge in [-0.25, -0.2) is 0 Å². The fourth-order valence-corrected chi connectivity index (χ4v) is 2.94. The minimum Gasteiger partial charge on any atom is -0.381 e. The molecule has 0 aliphatic carbocycles. The van der Waals surface area contributed by atoms with Crippen LogP contribution in [0.5, 0.6) is 0 Å². The van der Waals surface area contributed by atoms with Crippen molar-refractivity contribution in [3.05, 3.63) is 0 Å². The van der Waals surface area contributed by atoms with Crippen LogP contribution in [0.2, 0.25) is 0 Å². The van der Waals surface area contributed by atoms with E-state index < -0.39 is 0 Å². The van der Waals surface area contributed by atoms with E-state index in [1.165, 1.54) is 19.4 Å². The van der Waals surface area contributed by atoms with Gasteiger partial charge < -0.3 is 15.2 Å². The lowest BCUT2D eigenvalue weighted by Crippen LogP contribution is -2.48. The molecule has 0 amide bonds. The maximum Gasteiger partial charge on any atom is 0.0702 e. The number of hydrogen-bond donors (Lipinski definition) is 1. The van der Waals surface area contributed by atoms with Gasteiger partial charge in [0, 0.05) is 38.3 Å². The van der Waals surface area contributed by atoms with Crippen LogP contribution >= 0.6 is 0 Å². The maximum atomic E-state index is 6.29. The zero-order valence-electron chi connectivity index (χ0n) is 11.6. The van der Waals surface area contributed by atoms with Gasteiger partial charge in [-0.15, -0.1) is 0 Å². The Hall–Kier alpha value is -0.160. The summed E-state index contributed by atoms with van der Waals surface area (Å²) in [7, 11) is 0. The topological polar surface area (TPSA) is 47.7 Å². The molecular weight excluding hydrogens is 228 g/mol. The van der Waals surface area contributed by atoms with Crippen molar-refractivity contribution in [2.24, 2.45) is 11.7 Å². The van der Waals surface area contributed by atoms with E-state index in [1.807, 2.05) is 0 Å². The van der Waals surface area contributed by atoms with Crippen molar-refractivity contribution in [1.29, 1.82) is 0 Å². The summed E-state index contributed by atoms with van der Waals surface area (Å²) in [6, 6.07) is 0.262. The monoisotopic (exact) mass is 256 g/mol. The highest BCUT2D eigenvalue weighted by Gasteiger charge is 2.27. The van der Waals surface area contributed by atoms with Crippen molar-refractivity contribution >= 4 is 0 Å². The molecule has 2 aliphatic heterocycles. The Labute approximate surface area is 111 Å². The number of rotatable bonds is 6. The Morgan fingerprint density at radius 1 is 1.44 bits per heavy atom. The zero-order valence-corrected chi connectivity index (χ0v) is 11.6. The van der Waals surface area contributed by atoms with Crippen molar-refractivity contribution in [2.45, 2.75) is 44.8 Å². The summed E-state index contributed by atoms with van der Waals surface area (Å²) in [5, 5.41) is 0. The molecule has 0 saturated carbocycles. The minimum atomic E-state index is 0.262. The largest absolute Gasteiger partial charge is 0.381 e. The predicted molar refractivity (Wildman–Crippen MR) is 72.6 cm³/mol. The van der Waals surface area contributed by atoms with E-state index in [2.05, 4.69) is 11.8 Å². The molecule has 0 aromatic rings. The lowest BCUT2D eigenvalue weighted by molar-refractivity contribution is -0.00284. The molecule has 4 heteroatoms. The van der Waals surface area contributed by atoms with Crippen LogP contribution in [0.25, 0.3) is 0 Å². The first-order valence-electron chi connectivity index (χ1n) is 7.47. The number of piperidine rings is 1. The Morgan fingerprint density at radius 3 is 3.06 bits per heavy atom. The van der Waals surface area contributed by atoms with Gasteiger partial charge in [-0.3, -0.25) is 4.90 Å². The molecule has 3 atom stereocenters. The van der Waals surface area contributed by atoms with Gasteiger partial charge in [-0.1, -0.05) is 6.92 Å². The number of hydrogen-bond acceptors (Lipinski definition) is 4. The second-order valence-corrected chi connectivity index (χ2v) is 5.68. The van der Waals surface area contributed by atoms with Crippen molar-refractivity contribution < 1.29 is 9.47 Å². The second kappa shape index (κ2) is 7.43. The number of likely N-dealkylation sites (tertiary alicyclic amines) is 1. The van der Waals surface area contributed by atoms with E-state index in [-0.39, 0.29) is 6.04 Å². The molecule has 0 bridgehead atoms. The van der Waals surface area contributed by atoms with Crippen molar-refractivity contribution in [3.63, 3.8) is 0 Å². The minimum absolute atomic E-state index is 0.262. The van der Waals surface area contributed by atoms with Crippen molar-refractivity contribution in [2.75, 3.05) is 39.5 Å². The Morgan fingerprint density at radius 2 is 2.33 bits per heavy atom. The third kappa shape index (κ3) is 4.19. The number of ether oxygens (including phenoxy) is 2. The van der Waals surface area contributed by atoms with Gasteiger partial charge in [0.25, 0.3) is 0 Å². The van der Waals surface area contributed by atoms with Crippen LogP contribution in [0.15, 0.2) is 0 Å². The fourth-order valence-electron chi connectivity index (χ4n) is 2.94. The van der Waals surface area contributed by atoms with Crippen molar-refractivity contribution in [1.82, 2.24) is 4.90 Å². The first-order valence-corrected chi connectivity index (χ1v) is 7.47.